The van der Waals surface area contributed by atoms with Gasteiger partial charge < -0.3 is 10.0 Å². The Morgan fingerprint density at radius 1 is 1.80 bits per heavy atom. The second-order valence-corrected chi connectivity index (χ2v) is 3.89. The molecule has 0 bridgehead atoms. The average Bonchev–Trinajstić information content (AvgIpc) is 2.84. The molecule has 2 rings (SSSR count). The number of aryl methyl sites for hydroxylation is 1. The van der Waals surface area contributed by atoms with E-state index in [1.165, 1.54) is 0 Å². The van der Waals surface area contributed by atoms with E-state index in [-0.39, 0.29) is 18.6 Å². The molecule has 0 aromatic carbocycles. The molecule has 1 unspecified atom stereocenters. The number of carbonyl (C=O) groups excluding carboxylic acids is 1. The number of aliphatic hydroxyl groups is 1. The Kier molecular flexibility index (Phi) is 2.73. The minimum absolute atomic E-state index is 0.0215. The van der Waals surface area contributed by atoms with E-state index in [9.17, 15) is 4.79 Å². The lowest BCUT2D eigenvalue weighted by Gasteiger charge is -2.22. The van der Waals surface area contributed by atoms with Crippen LogP contribution in [0.1, 0.15) is 28.9 Å². The fourth-order valence-electron chi connectivity index (χ4n) is 2.01. The van der Waals surface area contributed by atoms with Crippen molar-refractivity contribution in [2.24, 2.45) is 0 Å². The van der Waals surface area contributed by atoms with Gasteiger partial charge in [0.2, 0.25) is 0 Å². The Hall–Kier alpha value is -1.36. The van der Waals surface area contributed by atoms with Crippen LogP contribution in [-0.2, 0) is 0 Å². The molecule has 0 aliphatic carbocycles. The number of H-pyrrole nitrogens is 1. The second-order valence-electron chi connectivity index (χ2n) is 3.89. The molecule has 82 valence electrons. The first-order valence-electron chi connectivity index (χ1n) is 5.16. The number of aromatic nitrogens is 2. The molecule has 15 heavy (non-hydrogen) atoms. The highest BCUT2D eigenvalue weighted by Gasteiger charge is 2.29. The zero-order valence-electron chi connectivity index (χ0n) is 8.73. The number of carbonyl (C=O) groups is 1. The first-order valence-corrected chi connectivity index (χ1v) is 5.16. The monoisotopic (exact) mass is 209 g/mol. The topological polar surface area (TPSA) is 69.2 Å². The first kappa shape index (κ1) is 10.2. The minimum atomic E-state index is -0.0298. The molecule has 5 heteroatoms. The van der Waals surface area contributed by atoms with Crippen LogP contribution in [-0.4, -0.2) is 45.3 Å². The van der Waals surface area contributed by atoms with Gasteiger partial charge in [-0.05, 0) is 19.8 Å². The summed E-state index contributed by atoms with van der Waals surface area (Å²) < 4.78 is 0. The minimum Gasteiger partial charge on any atom is -0.394 e. The Bertz CT molecular complexity index is 361. The van der Waals surface area contributed by atoms with Crippen LogP contribution < -0.4 is 0 Å². The summed E-state index contributed by atoms with van der Waals surface area (Å²) in [5.41, 5.74) is 1.39. The van der Waals surface area contributed by atoms with Gasteiger partial charge in [0.1, 0.15) is 0 Å². The number of aliphatic hydroxyl groups excluding tert-OH is 1. The molecule has 1 atom stereocenters. The molecule has 5 nitrogen and oxygen atoms in total. The van der Waals surface area contributed by atoms with Crippen LogP contribution in [0.25, 0.3) is 0 Å². The number of likely N-dealkylation sites (tertiary alicyclic amines) is 1. The number of aromatic amines is 1. The maximum Gasteiger partial charge on any atom is 0.257 e. The van der Waals surface area contributed by atoms with Gasteiger partial charge >= 0.3 is 0 Å². The Balaban J connectivity index is 2.18. The fraction of sp³-hybridized carbons (Fsp3) is 0.600. The molecule has 2 N–H and O–H groups in total. The van der Waals surface area contributed by atoms with Crippen molar-refractivity contribution in [1.82, 2.24) is 15.1 Å². The van der Waals surface area contributed by atoms with E-state index in [2.05, 4.69) is 10.2 Å². The molecule has 1 aromatic rings. The van der Waals surface area contributed by atoms with Crippen molar-refractivity contribution < 1.29 is 9.90 Å². The number of rotatable bonds is 2. The molecule has 1 aliphatic rings. The third kappa shape index (κ3) is 1.74. The van der Waals surface area contributed by atoms with Crippen molar-refractivity contribution in [2.45, 2.75) is 25.8 Å². The van der Waals surface area contributed by atoms with E-state index in [1.807, 2.05) is 6.92 Å². The van der Waals surface area contributed by atoms with E-state index in [0.29, 0.717) is 5.56 Å². The summed E-state index contributed by atoms with van der Waals surface area (Å²) in [5, 5.41) is 15.7. The zero-order valence-corrected chi connectivity index (χ0v) is 8.73. The molecule has 1 saturated heterocycles. The molecular weight excluding hydrogens is 194 g/mol. The van der Waals surface area contributed by atoms with Crippen LogP contribution in [0.5, 0.6) is 0 Å². The third-order valence-electron chi connectivity index (χ3n) is 2.91. The average molecular weight is 209 g/mol. The van der Waals surface area contributed by atoms with Crippen LogP contribution in [0.3, 0.4) is 0 Å². The van der Waals surface area contributed by atoms with Gasteiger partial charge in [0.05, 0.1) is 24.4 Å². The predicted octanol–water partition coefficient (Wildman–Crippen LogP) is 0.315. The molecule has 1 aromatic heterocycles. The highest BCUT2D eigenvalue weighted by atomic mass is 16.3. The van der Waals surface area contributed by atoms with E-state index in [1.54, 1.807) is 11.1 Å². The lowest BCUT2D eigenvalue weighted by molar-refractivity contribution is 0.0677. The van der Waals surface area contributed by atoms with Crippen molar-refractivity contribution >= 4 is 5.91 Å². The van der Waals surface area contributed by atoms with Crippen molar-refractivity contribution in [1.29, 1.82) is 0 Å². The highest BCUT2D eigenvalue weighted by molar-refractivity contribution is 5.95. The number of hydrogen-bond donors (Lipinski definition) is 2. The summed E-state index contributed by atoms with van der Waals surface area (Å²) in [6.07, 6.45) is 3.40. The lowest BCUT2D eigenvalue weighted by Crippen LogP contribution is -2.37. The number of hydrogen-bond acceptors (Lipinski definition) is 3. The Morgan fingerprint density at radius 2 is 2.60 bits per heavy atom. The van der Waals surface area contributed by atoms with Gasteiger partial charge in [0.25, 0.3) is 5.91 Å². The Morgan fingerprint density at radius 3 is 3.20 bits per heavy atom. The summed E-state index contributed by atoms with van der Waals surface area (Å²) in [5.74, 6) is -0.0298. The largest absolute Gasteiger partial charge is 0.394 e. The molecule has 0 spiro atoms. The molecule has 1 fully saturated rings. The highest BCUT2D eigenvalue weighted by Crippen LogP contribution is 2.20. The molecule has 0 radical (unpaired) electrons. The van der Waals surface area contributed by atoms with Gasteiger partial charge in [0.15, 0.2) is 0 Å². The quantitative estimate of drug-likeness (QED) is 0.736. The van der Waals surface area contributed by atoms with Crippen molar-refractivity contribution in [3.05, 3.63) is 17.5 Å². The zero-order chi connectivity index (χ0) is 10.8. The summed E-state index contributed by atoms with van der Waals surface area (Å²) in [7, 11) is 0. The van der Waals surface area contributed by atoms with Gasteiger partial charge in [-0.1, -0.05) is 0 Å². The van der Waals surface area contributed by atoms with Crippen LogP contribution in [0.15, 0.2) is 6.20 Å². The van der Waals surface area contributed by atoms with Crippen LogP contribution in [0.4, 0.5) is 0 Å². The van der Waals surface area contributed by atoms with Crippen molar-refractivity contribution in [3.8, 4) is 0 Å². The van der Waals surface area contributed by atoms with Crippen LogP contribution in [0, 0.1) is 6.92 Å². The Labute approximate surface area is 88.1 Å². The maximum absolute atomic E-state index is 12.1. The number of nitrogens with one attached hydrogen (secondary N) is 1. The molecule has 1 aliphatic heterocycles. The summed E-state index contributed by atoms with van der Waals surface area (Å²) in [4.78, 5) is 13.8. The second kappa shape index (κ2) is 4.02. The van der Waals surface area contributed by atoms with E-state index >= 15 is 0 Å². The van der Waals surface area contributed by atoms with Gasteiger partial charge in [-0.15, -0.1) is 0 Å². The summed E-state index contributed by atoms with van der Waals surface area (Å²) in [6, 6.07) is -0.0215. The molecular formula is C10H15N3O2. The molecule has 2 heterocycles. The summed E-state index contributed by atoms with van der Waals surface area (Å²) >= 11 is 0. The predicted molar refractivity (Wildman–Crippen MR) is 54.5 cm³/mol. The first-order chi connectivity index (χ1) is 7.24. The number of nitrogens with zero attached hydrogens (tertiary/aromatic N) is 2. The number of amides is 1. The van der Waals surface area contributed by atoms with Crippen molar-refractivity contribution in [2.75, 3.05) is 13.2 Å². The maximum atomic E-state index is 12.1. The van der Waals surface area contributed by atoms with E-state index < -0.39 is 0 Å². The summed E-state index contributed by atoms with van der Waals surface area (Å²) in [6.45, 7) is 2.60. The van der Waals surface area contributed by atoms with Gasteiger partial charge in [-0.2, -0.15) is 5.10 Å². The smallest absolute Gasteiger partial charge is 0.257 e. The lowest BCUT2D eigenvalue weighted by atomic mass is 10.2. The van der Waals surface area contributed by atoms with E-state index in [4.69, 9.17) is 5.11 Å². The van der Waals surface area contributed by atoms with Gasteiger partial charge in [-0.3, -0.25) is 9.89 Å². The SMILES string of the molecule is Cc1[nH]ncc1C(=O)N1CCCC1CO. The fourth-order valence-corrected chi connectivity index (χ4v) is 2.01. The van der Waals surface area contributed by atoms with Crippen LogP contribution in [0.2, 0.25) is 0 Å². The molecule has 1 amide bonds. The molecule has 0 saturated carbocycles. The standard InChI is InChI=1S/C10H15N3O2/c1-7-9(5-11-12-7)10(15)13-4-2-3-8(13)6-14/h5,8,14H,2-4,6H2,1H3,(H,11,12). The van der Waals surface area contributed by atoms with Gasteiger partial charge in [0, 0.05) is 12.2 Å². The van der Waals surface area contributed by atoms with Crippen LogP contribution >= 0.6 is 0 Å². The third-order valence-corrected chi connectivity index (χ3v) is 2.91. The van der Waals surface area contributed by atoms with E-state index in [0.717, 1.165) is 25.1 Å². The van der Waals surface area contributed by atoms with Gasteiger partial charge in [-0.25, -0.2) is 0 Å². The normalized spacial score (nSPS) is 20.9. The van der Waals surface area contributed by atoms with Crippen molar-refractivity contribution in [3.63, 3.8) is 0 Å².